The topological polar surface area (TPSA) is 44.8 Å². The molecule has 2 aliphatic heterocycles. The standard InChI is InChI=1S/C18H26FN3O2/c1-21-7-5-18(6-8-21,22-9-11-24-12-10-22)14-20-17(23)15-3-2-4-16(19)13-15/h2-4,13H,5-12,14H2,1H3,(H,20,23). The number of carbonyl (C=O) groups is 1. The zero-order valence-electron chi connectivity index (χ0n) is 14.3. The zero-order chi connectivity index (χ0) is 17.0. The van der Waals surface area contributed by atoms with Crippen LogP contribution in [0.15, 0.2) is 24.3 Å². The fourth-order valence-electron chi connectivity index (χ4n) is 3.65. The summed E-state index contributed by atoms with van der Waals surface area (Å²) in [6.07, 6.45) is 2.04. The number of morpholine rings is 1. The highest BCUT2D eigenvalue weighted by Crippen LogP contribution is 2.29. The number of rotatable bonds is 4. The molecule has 0 saturated carbocycles. The minimum Gasteiger partial charge on any atom is -0.379 e. The van der Waals surface area contributed by atoms with Gasteiger partial charge in [-0.3, -0.25) is 9.69 Å². The van der Waals surface area contributed by atoms with Crippen LogP contribution in [0.1, 0.15) is 23.2 Å². The molecule has 2 saturated heterocycles. The van der Waals surface area contributed by atoms with E-state index in [0.717, 1.165) is 52.2 Å². The molecular formula is C18H26FN3O2. The maximum Gasteiger partial charge on any atom is 0.251 e. The van der Waals surface area contributed by atoms with E-state index < -0.39 is 0 Å². The number of hydrogen-bond donors (Lipinski definition) is 1. The van der Waals surface area contributed by atoms with Crippen LogP contribution >= 0.6 is 0 Å². The highest BCUT2D eigenvalue weighted by atomic mass is 19.1. The lowest BCUT2D eigenvalue weighted by Gasteiger charge is -2.49. The Hall–Kier alpha value is -1.50. The first-order valence-electron chi connectivity index (χ1n) is 8.64. The van der Waals surface area contributed by atoms with Crippen LogP contribution in [0.4, 0.5) is 4.39 Å². The van der Waals surface area contributed by atoms with Crippen LogP contribution in [-0.4, -0.2) is 74.2 Å². The van der Waals surface area contributed by atoms with Gasteiger partial charge in [-0.15, -0.1) is 0 Å². The van der Waals surface area contributed by atoms with Crippen LogP contribution in [0.2, 0.25) is 0 Å². The van der Waals surface area contributed by atoms with Crippen molar-refractivity contribution in [3.8, 4) is 0 Å². The Bertz CT molecular complexity index is 567. The molecular weight excluding hydrogens is 309 g/mol. The summed E-state index contributed by atoms with van der Waals surface area (Å²) in [5.41, 5.74) is 0.347. The molecule has 1 aromatic rings. The molecule has 1 aromatic carbocycles. The quantitative estimate of drug-likeness (QED) is 0.902. The lowest BCUT2D eigenvalue weighted by molar-refractivity contribution is -0.0439. The molecule has 0 aromatic heterocycles. The molecule has 0 bridgehead atoms. The van der Waals surface area contributed by atoms with Gasteiger partial charge in [0, 0.05) is 30.7 Å². The summed E-state index contributed by atoms with van der Waals surface area (Å²) < 4.78 is 18.8. The summed E-state index contributed by atoms with van der Waals surface area (Å²) in [6.45, 7) is 5.93. The van der Waals surface area contributed by atoms with Gasteiger partial charge in [0.2, 0.25) is 0 Å². The van der Waals surface area contributed by atoms with Crippen molar-refractivity contribution in [2.75, 3.05) is 53.0 Å². The third-order valence-corrected chi connectivity index (χ3v) is 5.26. The van der Waals surface area contributed by atoms with Crippen molar-refractivity contribution in [2.45, 2.75) is 18.4 Å². The largest absolute Gasteiger partial charge is 0.379 e. The molecule has 2 heterocycles. The molecule has 1 amide bonds. The number of amides is 1. The van der Waals surface area contributed by atoms with Gasteiger partial charge in [0.15, 0.2) is 0 Å². The average molecular weight is 335 g/mol. The van der Waals surface area contributed by atoms with E-state index >= 15 is 0 Å². The lowest BCUT2D eigenvalue weighted by Crippen LogP contribution is -2.62. The van der Waals surface area contributed by atoms with Gasteiger partial charge in [-0.25, -0.2) is 4.39 Å². The fraction of sp³-hybridized carbons (Fsp3) is 0.611. The highest BCUT2D eigenvalue weighted by Gasteiger charge is 2.40. The van der Waals surface area contributed by atoms with E-state index in [1.807, 2.05) is 0 Å². The summed E-state index contributed by atoms with van der Waals surface area (Å²) in [5.74, 6) is -0.592. The molecule has 6 heteroatoms. The normalized spacial score (nSPS) is 22.2. The Balaban J connectivity index is 1.68. The zero-order valence-corrected chi connectivity index (χ0v) is 14.3. The molecule has 3 rings (SSSR count). The summed E-state index contributed by atoms with van der Waals surface area (Å²) in [4.78, 5) is 17.2. The maximum absolute atomic E-state index is 13.3. The Morgan fingerprint density at radius 3 is 2.62 bits per heavy atom. The van der Waals surface area contributed by atoms with E-state index in [4.69, 9.17) is 4.74 Å². The lowest BCUT2D eigenvalue weighted by atomic mass is 9.85. The van der Waals surface area contributed by atoms with E-state index in [1.165, 1.54) is 12.1 Å². The van der Waals surface area contributed by atoms with E-state index in [2.05, 4.69) is 22.2 Å². The van der Waals surface area contributed by atoms with Crippen molar-refractivity contribution < 1.29 is 13.9 Å². The number of benzene rings is 1. The number of piperidine rings is 1. The summed E-state index contributed by atoms with van der Waals surface area (Å²) in [7, 11) is 2.13. The molecule has 5 nitrogen and oxygen atoms in total. The number of carbonyl (C=O) groups excluding carboxylic acids is 1. The SMILES string of the molecule is CN1CCC(CNC(=O)c2cccc(F)c2)(N2CCOCC2)CC1. The summed E-state index contributed by atoms with van der Waals surface area (Å²) in [6, 6.07) is 5.85. The summed E-state index contributed by atoms with van der Waals surface area (Å²) in [5, 5.41) is 3.04. The summed E-state index contributed by atoms with van der Waals surface area (Å²) >= 11 is 0. The van der Waals surface area contributed by atoms with E-state index in [9.17, 15) is 9.18 Å². The molecule has 132 valence electrons. The minimum absolute atomic E-state index is 0.0285. The molecule has 0 atom stereocenters. The van der Waals surface area contributed by atoms with Gasteiger partial charge in [-0.2, -0.15) is 0 Å². The van der Waals surface area contributed by atoms with Crippen molar-refractivity contribution in [1.29, 1.82) is 0 Å². The average Bonchev–Trinajstić information content (AvgIpc) is 2.62. The molecule has 0 unspecified atom stereocenters. The van der Waals surface area contributed by atoms with Gasteiger partial charge in [0.25, 0.3) is 5.91 Å². The van der Waals surface area contributed by atoms with Gasteiger partial charge in [0.1, 0.15) is 5.82 Å². The van der Waals surface area contributed by atoms with Gasteiger partial charge < -0.3 is 15.0 Å². The van der Waals surface area contributed by atoms with E-state index in [1.54, 1.807) is 12.1 Å². The van der Waals surface area contributed by atoms with Crippen molar-refractivity contribution in [3.05, 3.63) is 35.6 Å². The minimum atomic E-state index is -0.384. The van der Waals surface area contributed by atoms with Crippen LogP contribution in [0.5, 0.6) is 0 Å². The van der Waals surface area contributed by atoms with Crippen LogP contribution in [-0.2, 0) is 4.74 Å². The van der Waals surface area contributed by atoms with Crippen molar-refractivity contribution >= 4 is 5.91 Å². The highest BCUT2D eigenvalue weighted by molar-refractivity contribution is 5.94. The first kappa shape index (κ1) is 17.3. The number of ether oxygens (including phenoxy) is 1. The van der Waals surface area contributed by atoms with Crippen LogP contribution in [0.3, 0.4) is 0 Å². The van der Waals surface area contributed by atoms with Crippen LogP contribution in [0.25, 0.3) is 0 Å². The molecule has 2 fully saturated rings. The van der Waals surface area contributed by atoms with Gasteiger partial charge in [-0.1, -0.05) is 6.07 Å². The number of halogens is 1. The fourth-order valence-corrected chi connectivity index (χ4v) is 3.65. The Morgan fingerprint density at radius 1 is 1.25 bits per heavy atom. The second-order valence-corrected chi connectivity index (χ2v) is 6.82. The Kier molecular flexibility index (Phi) is 5.48. The van der Waals surface area contributed by atoms with E-state index in [-0.39, 0.29) is 17.3 Å². The van der Waals surface area contributed by atoms with Gasteiger partial charge >= 0.3 is 0 Å². The maximum atomic E-state index is 13.3. The second-order valence-electron chi connectivity index (χ2n) is 6.82. The van der Waals surface area contributed by atoms with Crippen molar-refractivity contribution in [1.82, 2.24) is 15.1 Å². The van der Waals surface area contributed by atoms with Crippen molar-refractivity contribution in [2.24, 2.45) is 0 Å². The first-order valence-corrected chi connectivity index (χ1v) is 8.64. The molecule has 0 radical (unpaired) electrons. The molecule has 1 N–H and O–H groups in total. The van der Waals surface area contributed by atoms with Crippen LogP contribution < -0.4 is 5.32 Å². The molecule has 0 aliphatic carbocycles. The van der Waals surface area contributed by atoms with Crippen LogP contribution in [0, 0.1) is 5.82 Å². The monoisotopic (exact) mass is 335 g/mol. The predicted molar refractivity (Wildman–Crippen MR) is 90.6 cm³/mol. The third-order valence-electron chi connectivity index (χ3n) is 5.26. The van der Waals surface area contributed by atoms with Gasteiger partial charge in [-0.05, 0) is 51.2 Å². The molecule has 24 heavy (non-hydrogen) atoms. The first-order chi connectivity index (χ1) is 11.6. The smallest absolute Gasteiger partial charge is 0.251 e. The van der Waals surface area contributed by atoms with E-state index in [0.29, 0.717) is 12.1 Å². The van der Waals surface area contributed by atoms with Gasteiger partial charge in [0.05, 0.1) is 13.2 Å². The molecule has 2 aliphatic rings. The number of hydrogen-bond acceptors (Lipinski definition) is 4. The number of likely N-dealkylation sites (tertiary alicyclic amines) is 1. The number of nitrogens with zero attached hydrogens (tertiary/aromatic N) is 2. The third kappa shape index (κ3) is 3.94. The second kappa shape index (κ2) is 7.59. The van der Waals surface area contributed by atoms with Crippen molar-refractivity contribution in [3.63, 3.8) is 0 Å². The molecule has 0 spiro atoms. The Labute approximate surface area is 142 Å². The Morgan fingerprint density at radius 2 is 1.96 bits per heavy atom. The number of nitrogens with one attached hydrogen (secondary N) is 1. The predicted octanol–water partition coefficient (Wildman–Crippen LogP) is 1.35.